The highest BCUT2D eigenvalue weighted by Crippen LogP contribution is 2.24. The number of nitrogens with two attached hydrogens (primary N) is 2. The van der Waals surface area contributed by atoms with Crippen molar-refractivity contribution in [1.82, 2.24) is 5.32 Å². The van der Waals surface area contributed by atoms with Crippen LogP contribution in [-0.2, 0) is 4.79 Å². The number of urea groups is 1. The van der Waals surface area contributed by atoms with Crippen LogP contribution in [0.25, 0.3) is 0 Å². The van der Waals surface area contributed by atoms with E-state index in [0.29, 0.717) is 0 Å². The minimum Gasteiger partial charge on any atom is -0.351 e. The van der Waals surface area contributed by atoms with Crippen LogP contribution in [0.15, 0.2) is 72.1 Å². The number of hydrogen-bond donors (Lipinski definition) is 3. The summed E-state index contributed by atoms with van der Waals surface area (Å²) in [5.74, 6) is -0.428. The lowest BCUT2D eigenvalue weighted by Crippen LogP contribution is -2.88. The zero-order valence-corrected chi connectivity index (χ0v) is 15.8. The largest absolute Gasteiger partial charge is 0.351 e. The van der Waals surface area contributed by atoms with Crippen molar-refractivity contribution in [3.8, 4) is 0 Å². The monoisotopic (exact) mass is 380 g/mol. The molecule has 0 saturated carbocycles. The van der Waals surface area contributed by atoms with E-state index in [-0.39, 0.29) is 6.04 Å². The molecule has 27 heavy (non-hydrogen) atoms. The Labute approximate surface area is 162 Å². The molecule has 138 valence electrons. The van der Waals surface area contributed by atoms with Crippen molar-refractivity contribution in [2.75, 3.05) is 0 Å². The van der Waals surface area contributed by atoms with Crippen LogP contribution in [0.4, 0.5) is 4.79 Å². The fourth-order valence-electron chi connectivity index (χ4n) is 3.01. The smallest absolute Gasteiger partial charge is 0.319 e. The number of hydrogen-bond acceptors (Lipinski definition) is 3. The van der Waals surface area contributed by atoms with E-state index in [4.69, 9.17) is 5.73 Å². The molecule has 5 nitrogen and oxygen atoms in total. The van der Waals surface area contributed by atoms with Gasteiger partial charge in [-0.2, -0.15) is 0 Å². The molecule has 0 aliphatic rings. The summed E-state index contributed by atoms with van der Waals surface area (Å²) in [4.78, 5) is 25.1. The Morgan fingerprint density at radius 3 is 2.26 bits per heavy atom. The van der Waals surface area contributed by atoms with Crippen molar-refractivity contribution in [2.24, 2.45) is 5.73 Å². The number of nitrogens with one attached hydrogen (secondary N) is 1. The number of rotatable bonds is 6. The first kappa shape index (κ1) is 18.8. The molecule has 5 N–H and O–H groups in total. The van der Waals surface area contributed by atoms with Gasteiger partial charge in [0.25, 0.3) is 5.91 Å². The third-order valence-electron chi connectivity index (χ3n) is 4.36. The molecule has 1 heterocycles. The summed E-state index contributed by atoms with van der Waals surface area (Å²) in [6.07, 6.45) is 0. The number of benzene rings is 2. The first-order valence-electron chi connectivity index (χ1n) is 8.65. The van der Waals surface area contributed by atoms with Gasteiger partial charge in [0.1, 0.15) is 6.04 Å². The van der Waals surface area contributed by atoms with Crippen molar-refractivity contribution >= 4 is 23.3 Å². The number of quaternary nitrogens is 1. The highest BCUT2D eigenvalue weighted by molar-refractivity contribution is 7.10. The van der Waals surface area contributed by atoms with E-state index in [1.54, 1.807) is 11.3 Å². The van der Waals surface area contributed by atoms with Gasteiger partial charge in [0, 0.05) is 11.1 Å². The van der Waals surface area contributed by atoms with Crippen LogP contribution in [0, 0.1) is 6.92 Å². The van der Waals surface area contributed by atoms with Gasteiger partial charge < -0.3 is 11.1 Å². The van der Waals surface area contributed by atoms with E-state index in [9.17, 15) is 9.59 Å². The number of carbonyl (C=O) groups excluding carboxylic acids is 2. The maximum absolute atomic E-state index is 12.7. The van der Waals surface area contributed by atoms with Gasteiger partial charge in [-0.15, -0.1) is 11.3 Å². The standard InChI is InChI=1S/C21H21N3O2S/c1-14-9-11-16(12-10-14)18(17-8-5-13-27-17)23-19(20(25)24-21(22)26)15-6-3-2-4-7-15/h2-13,18-19,23H,1H3,(H3,22,24,25,26)/p+1/t18-,19+/m0/s1. The molecule has 0 aliphatic heterocycles. The number of amides is 3. The number of primary amides is 1. The molecule has 0 unspecified atom stereocenters. The van der Waals surface area contributed by atoms with Gasteiger partial charge in [0.15, 0.2) is 6.04 Å². The van der Waals surface area contributed by atoms with Gasteiger partial charge >= 0.3 is 6.03 Å². The van der Waals surface area contributed by atoms with Crippen LogP contribution in [0.5, 0.6) is 0 Å². The Bertz CT molecular complexity index is 893. The van der Waals surface area contributed by atoms with Crippen molar-refractivity contribution in [3.05, 3.63) is 93.7 Å². The summed E-state index contributed by atoms with van der Waals surface area (Å²) in [6.45, 7) is 2.04. The quantitative estimate of drug-likeness (QED) is 0.614. The molecule has 3 amide bonds. The molecule has 0 aliphatic carbocycles. The second-order valence-corrected chi connectivity index (χ2v) is 7.32. The summed E-state index contributed by atoms with van der Waals surface area (Å²) in [5, 5.41) is 6.22. The van der Waals surface area contributed by atoms with E-state index in [2.05, 4.69) is 35.6 Å². The first-order chi connectivity index (χ1) is 13.0. The van der Waals surface area contributed by atoms with Gasteiger partial charge in [-0.1, -0.05) is 66.2 Å². The Hall–Kier alpha value is -2.96. The highest BCUT2D eigenvalue weighted by Gasteiger charge is 2.31. The first-order valence-corrected chi connectivity index (χ1v) is 9.53. The zero-order chi connectivity index (χ0) is 19.2. The maximum Gasteiger partial charge on any atom is 0.319 e. The Balaban J connectivity index is 1.98. The molecule has 6 heteroatoms. The molecule has 1 aromatic heterocycles. The predicted molar refractivity (Wildman–Crippen MR) is 106 cm³/mol. The van der Waals surface area contributed by atoms with Crippen LogP contribution in [0.1, 0.15) is 33.7 Å². The average Bonchev–Trinajstić information content (AvgIpc) is 3.18. The fraction of sp³-hybridized carbons (Fsp3) is 0.143. The number of thiophene rings is 1. The molecule has 3 rings (SSSR count). The summed E-state index contributed by atoms with van der Waals surface area (Å²) in [5.41, 5.74) is 8.26. The summed E-state index contributed by atoms with van der Waals surface area (Å²) in [7, 11) is 0. The Morgan fingerprint density at radius 2 is 1.67 bits per heavy atom. The van der Waals surface area contributed by atoms with E-state index in [0.717, 1.165) is 16.0 Å². The van der Waals surface area contributed by atoms with Gasteiger partial charge in [0.2, 0.25) is 0 Å². The predicted octanol–water partition coefficient (Wildman–Crippen LogP) is 2.65. The van der Waals surface area contributed by atoms with E-state index < -0.39 is 18.0 Å². The maximum atomic E-state index is 12.7. The average molecular weight is 380 g/mol. The second-order valence-electron chi connectivity index (χ2n) is 6.34. The lowest BCUT2D eigenvalue weighted by Gasteiger charge is -2.22. The van der Waals surface area contributed by atoms with Crippen LogP contribution in [0.2, 0.25) is 0 Å². The van der Waals surface area contributed by atoms with Crippen molar-refractivity contribution < 1.29 is 14.9 Å². The molecule has 0 fully saturated rings. The van der Waals surface area contributed by atoms with Crippen molar-refractivity contribution in [1.29, 1.82) is 0 Å². The molecular weight excluding hydrogens is 358 g/mol. The van der Waals surface area contributed by atoms with Gasteiger partial charge in [-0.25, -0.2) is 4.79 Å². The molecule has 2 atom stereocenters. The molecule has 0 spiro atoms. The lowest BCUT2D eigenvalue weighted by atomic mass is 9.99. The molecule has 3 aromatic rings. The SMILES string of the molecule is Cc1ccc([C@H]([NH2+][C@@H](C(=O)NC(N)=O)c2ccccc2)c2cccs2)cc1. The van der Waals surface area contributed by atoms with Crippen LogP contribution in [0.3, 0.4) is 0 Å². The summed E-state index contributed by atoms with van der Waals surface area (Å²) >= 11 is 1.64. The molecule has 0 bridgehead atoms. The van der Waals surface area contributed by atoms with E-state index in [1.165, 1.54) is 5.56 Å². The summed E-state index contributed by atoms with van der Waals surface area (Å²) < 4.78 is 0. The number of aryl methyl sites for hydroxylation is 1. The molecular formula is C21H22N3O2S+. The zero-order valence-electron chi connectivity index (χ0n) is 15.0. The minimum atomic E-state index is -0.850. The second kappa shape index (κ2) is 8.62. The van der Waals surface area contributed by atoms with Crippen molar-refractivity contribution in [3.63, 3.8) is 0 Å². The third-order valence-corrected chi connectivity index (χ3v) is 5.31. The van der Waals surface area contributed by atoms with Gasteiger partial charge in [-0.05, 0) is 18.4 Å². The van der Waals surface area contributed by atoms with Crippen LogP contribution in [-0.4, -0.2) is 11.9 Å². The van der Waals surface area contributed by atoms with Crippen LogP contribution >= 0.6 is 11.3 Å². The van der Waals surface area contributed by atoms with Crippen molar-refractivity contribution in [2.45, 2.75) is 19.0 Å². The third kappa shape index (κ3) is 4.81. The molecule has 0 radical (unpaired) electrons. The van der Waals surface area contributed by atoms with Crippen LogP contribution < -0.4 is 16.4 Å². The molecule has 0 saturated heterocycles. The Kier molecular flexibility index (Phi) is 6.01. The normalized spacial score (nSPS) is 12.9. The van der Waals surface area contributed by atoms with E-state index in [1.807, 2.05) is 54.0 Å². The summed E-state index contributed by atoms with van der Waals surface area (Å²) in [6, 6.07) is 20.2. The Morgan fingerprint density at radius 1 is 0.963 bits per heavy atom. The highest BCUT2D eigenvalue weighted by atomic mass is 32.1. The van der Waals surface area contributed by atoms with Gasteiger partial charge in [-0.3, -0.25) is 10.1 Å². The fourth-order valence-corrected chi connectivity index (χ4v) is 3.85. The molecule has 2 aromatic carbocycles. The van der Waals surface area contributed by atoms with Gasteiger partial charge in [0.05, 0.1) is 4.88 Å². The van der Waals surface area contributed by atoms with E-state index >= 15 is 0 Å². The lowest BCUT2D eigenvalue weighted by molar-refractivity contribution is -0.713. The topological polar surface area (TPSA) is 88.8 Å². The minimum absolute atomic E-state index is 0.0746. The number of carbonyl (C=O) groups is 2. The number of imide groups is 1.